The van der Waals surface area contributed by atoms with Crippen LogP contribution in [0.3, 0.4) is 0 Å². The molecule has 0 rings (SSSR count). The molecule has 0 aliphatic heterocycles. The molecule has 0 aromatic carbocycles. The molecule has 0 unspecified atom stereocenters. The first-order valence-electron chi connectivity index (χ1n) is 4.46. The Bertz CT molecular complexity index is 320. The largest absolute Gasteiger partial charge is 0.358 e. The Hall–Kier alpha value is -0.110. The van der Waals surface area contributed by atoms with Crippen LogP contribution in [0.25, 0.3) is 0 Å². The van der Waals surface area contributed by atoms with Gasteiger partial charge in [0, 0.05) is 18.8 Å². The van der Waals surface area contributed by atoms with Crippen LogP contribution in [0.5, 0.6) is 0 Å². The van der Waals surface area contributed by atoms with Crippen molar-refractivity contribution in [1.29, 1.82) is 0 Å². The average Bonchev–Trinajstić information content (AvgIpc) is 2.13. The van der Waals surface area contributed by atoms with Crippen molar-refractivity contribution in [2.24, 2.45) is 0 Å². The molecule has 0 aromatic rings. The molecule has 0 radical (unpaired) electrons. The zero-order chi connectivity index (χ0) is 11.9. The van der Waals surface area contributed by atoms with Crippen molar-refractivity contribution in [3.63, 3.8) is 0 Å². The maximum atomic E-state index is 10.3. The molecule has 0 aromatic heterocycles. The summed E-state index contributed by atoms with van der Waals surface area (Å²) < 4.78 is 29.8. The van der Waals surface area contributed by atoms with Crippen LogP contribution in [-0.4, -0.2) is 41.0 Å². The van der Waals surface area contributed by atoms with Gasteiger partial charge in [-0.2, -0.15) is 8.42 Å². The summed E-state index contributed by atoms with van der Waals surface area (Å²) in [5.41, 5.74) is 0. The molecular formula is C8H15NO3S3. The SMILES string of the molecule is CCN(CC)C(=S)SC/C=C\S(=O)(=O)O. The molecule has 1 N–H and O–H groups in total. The summed E-state index contributed by atoms with van der Waals surface area (Å²) in [5, 5.41) is 0.769. The molecule has 0 fully saturated rings. The van der Waals surface area contributed by atoms with Crippen molar-refractivity contribution in [3.05, 3.63) is 11.5 Å². The Morgan fingerprint density at radius 1 is 1.47 bits per heavy atom. The van der Waals surface area contributed by atoms with E-state index in [-0.39, 0.29) is 0 Å². The molecule has 0 bridgehead atoms. The van der Waals surface area contributed by atoms with E-state index in [0.29, 0.717) is 5.75 Å². The van der Waals surface area contributed by atoms with Crippen molar-refractivity contribution >= 4 is 38.4 Å². The maximum Gasteiger partial charge on any atom is 0.287 e. The van der Waals surface area contributed by atoms with Crippen LogP contribution in [0.15, 0.2) is 11.5 Å². The quantitative estimate of drug-likeness (QED) is 0.606. The minimum absolute atomic E-state index is 0.440. The molecule has 7 heteroatoms. The van der Waals surface area contributed by atoms with E-state index in [1.165, 1.54) is 17.8 Å². The van der Waals surface area contributed by atoms with E-state index in [4.69, 9.17) is 16.8 Å². The summed E-state index contributed by atoms with van der Waals surface area (Å²) in [7, 11) is -4.00. The third-order valence-corrected chi connectivity index (χ3v) is 3.61. The predicted octanol–water partition coefficient (Wildman–Crippen LogP) is 1.75. The summed E-state index contributed by atoms with van der Waals surface area (Å²) in [6.45, 7) is 5.68. The van der Waals surface area contributed by atoms with Crippen LogP contribution >= 0.6 is 24.0 Å². The summed E-state index contributed by atoms with van der Waals surface area (Å²) >= 11 is 6.49. The fourth-order valence-electron chi connectivity index (χ4n) is 0.853. The van der Waals surface area contributed by atoms with Gasteiger partial charge in [0.05, 0.1) is 5.41 Å². The highest BCUT2D eigenvalue weighted by atomic mass is 32.2. The smallest absolute Gasteiger partial charge is 0.287 e. The van der Waals surface area contributed by atoms with Gasteiger partial charge in [0.15, 0.2) is 0 Å². The zero-order valence-corrected chi connectivity index (χ0v) is 11.2. The number of nitrogens with zero attached hydrogens (tertiary/aromatic N) is 1. The number of rotatable bonds is 5. The lowest BCUT2D eigenvalue weighted by Gasteiger charge is -2.20. The third kappa shape index (κ3) is 7.78. The Morgan fingerprint density at radius 3 is 2.40 bits per heavy atom. The number of thiocarbonyl (C=S) groups is 1. The Balaban J connectivity index is 3.97. The zero-order valence-electron chi connectivity index (χ0n) is 8.71. The predicted molar refractivity (Wildman–Crippen MR) is 68.7 cm³/mol. The van der Waals surface area contributed by atoms with Crippen LogP contribution < -0.4 is 0 Å². The monoisotopic (exact) mass is 269 g/mol. The Kier molecular flexibility index (Phi) is 7.16. The maximum absolute atomic E-state index is 10.3. The standard InChI is InChI=1S/C8H15NO3S3/c1-3-9(4-2)8(13)14-6-5-7-15(10,11)12/h5,7H,3-4,6H2,1-2H3,(H,10,11,12)/b7-5-. The van der Waals surface area contributed by atoms with Gasteiger partial charge in [-0.15, -0.1) is 0 Å². The van der Waals surface area contributed by atoms with E-state index in [1.54, 1.807) is 0 Å². The topological polar surface area (TPSA) is 57.6 Å². The van der Waals surface area contributed by atoms with Gasteiger partial charge in [-0.05, 0) is 13.8 Å². The summed E-state index contributed by atoms with van der Waals surface area (Å²) in [6.07, 6.45) is 1.37. The minimum atomic E-state index is -4.00. The van der Waals surface area contributed by atoms with Gasteiger partial charge in [-0.1, -0.05) is 30.1 Å². The summed E-state index contributed by atoms with van der Waals surface area (Å²) in [6, 6.07) is 0. The number of thioether (sulfide) groups is 1. The van der Waals surface area contributed by atoms with Crippen molar-refractivity contribution in [2.75, 3.05) is 18.8 Å². The molecular weight excluding hydrogens is 254 g/mol. The van der Waals surface area contributed by atoms with Crippen LogP contribution in [0, 0.1) is 0 Å². The van der Waals surface area contributed by atoms with Crippen LogP contribution in [0.1, 0.15) is 13.8 Å². The molecule has 0 saturated heterocycles. The molecule has 15 heavy (non-hydrogen) atoms. The fraction of sp³-hybridized carbons (Fsp3) is 0.625. The van der Waals surface area contributed by atoms with Crippen LogP contribution in [-0.2, 0) is 10.1 Å². The molecule has 0 spiro atoms. The Labute approximate surface area is 100 Å². The average molecular weight is 269 g/mol. The van der Waals surface area contributed by atoms with Gasteiger partial charge in [0.25, 0.3) is 10.1 Å². The lowest BCUT2D eigenvalue weighted by atomic mass is 10.6. The number of hydrogen-bond acceptors (Lipinski definition) is 4. The van der Waals surface area contributed by atoms with E-state index in [1.807, 2.05) is 18.7 Å². The minimum Gasteiger partial charge on any atom is -0.358 e. The van der Waals surface area contributed by atoms with Crippen molar-refractivity contribution in [1.82, 2.24) is 4.90 Å². The molecule has 0 atom stereocenters. The molecule has 4 nitrogen and oxygen atoms in total. The van der Waals surface area contributed by atoms with Gasteiger partial charge >= 0.3 is 0 Å². The first-order chi connectivity index (χ1) is 6.90. The van der Waals surface area contributed by atoms with Gasteiger partial charge in [0.1, 0.15) is 4.32 Å². The molecule has 0 aliphatic carbocycles. The molecule has 88 valence electrons. The van der Waals surface area contributed by atoms with E-state index >= 15 is 0 Å². The lowest BCUT2D eigenvalue weighted by Crippen LogP contribution is -2.26. The third-order valence-electron chi connectivity index (χ3n) is 1.59. The van der Waals surface area contributed by atoms with Crippen molar-refractivity contribution in [2.45, 2.75) is 13.8 Å². The molecule has 0 amide bonds. The van der Waals surface area contributed by atoms with Gasteiger partial charge < -0.3 is 4.90 Å². The highest BCUT2D eigenvalue weighted by Crippen LogP contribution is 2.09. The van der Waals surface area contributed by atoms with E-state index in [9.17, 15) is 8.42 Å². The normalized spacial score (nSPS) is 11.9. The molecule has 0 saturated carbocycles. The fourth-order valence-corrected chi connectivity index (χ4v) is 2.55. The first-order valence-corrected chi connectivity index (χ1v) is 7.36. The van der Waals surface area contributed by atoms with Gasteiger partial charge in [0.2, 0.25) is 0 Å². The summed E-state index contributed by atoms with van der Waals surface area (Å²) in [5.74, 6) is 0.440. The van der Waals surface area contributed by atoms with Gasteiger partial charge in [-0.25, -0.2) is 0 Å². The second-order valence-electron chi connectivity index (χ2n) is 2.64. The second-order valence-corrected chi connectivity index (χ2v) is 5.59. The van der Waals surface area contributed by atoms with Gasteiger partial charge in [-0.3, -0.25) is 4.55 Å². The first kappa shape index (κ1) is 14.9. The lowest BCUT2D eigenvalue weighted by molar-refractivity contribution is 0.482. The van der Waals surface area contributed by atoms with Crippen LogP contribution in [0.4, 0.5) is 0 Å². The second kappa shape index (κ2) is 7.21. The van der Waals surface area contributed by atoms with Crippen LogP contribution in [0.2, 0.25) is 0 Å². The van der Waals surface area contributed by atoms with E-state index in [2.05, 4.69) is 0 Å². The van der Waals surface area contributed by atoms with E-state index < -0.39 is 10.1 Å². The van der Waals surface area contributed by atoms with Crippen molar-refractivity contribution in [3.8, 4) is 0 Å². The number of hydrogen-bond donors (Lipinski definition) is 1. The van der Waals surface area contributed by atoms with Crippen molar-refractivity contribution < 1.29 is 13.0 Å². The highest BCUT2D eigenvalue weighted by Gasteiger charge is 2.04. The van der Waals surface area contributed by atoms with E-state index in [0.717, 1.165) is 22.8 Å². The molecule has 0 aliphatic rings. The Morgan fingerprint density at radius 2 is 2.00 bits per heavy atom. The highest BCUT2D eigenvalue weighted by molar-refractivity contribution is 8.23. The summed E-state index contributed by atoms with van der Waals surface area (Å²) in [4.78, 5) is 2.00. The molecule has 0 heterocycles.